The van der Waals surface area contributed by atoms with E-state index in [4.69, 9.17) is 10.5 Å². The van der Waals surface area contributed by atoms with E-state index >= 15 is 0 Å². The molecule has 1 aliphatic carbocycles. The molecule has 1 fully saturated rings. The first-order chi connectivity index (χ1) is 10.4. The molecule has 0 bridgehead atoms. The number of carbonyl (C=O) groups is 1. The van der Waals surface area contributed by atoms with Crippen molar-refractivity contribution in [1.29, 1.82) is 0 Å². The Morgan fingerprint density at radius 2 is 1.78 bits per heavy atom. The predicted molar refractivity (Wildman–Crippen MR) is 90.2 cm³/mol. The molecule has 23 heavy (non-hydrogen) atoms. The second-order valence-electron chi connectivity index (χ2n) is 5.48. The highest BCUT2D eigenvalue weighted by Gasteiger charge is 2.24. The lowest BCUT2D eigenvalue weighted by atomic mass is 9.93. The van der Waals surface area contributed by atoms with Crippen LogP contribution in [0.5, 0.6) is 0 Å². The molecule has 0 atom stereocenters. The highest BCUT2D eigenvalue weighted by atomic mass is 35.5. The van der Waals surface area contributed by atoms with Crippen molar-refractivity contribution in [3.8, 4) is 0 Å². The van der Waals surface area contributed by atoms with Gasteiger partial charge in [0.05, 0.1) is 17.1 Å². The molecule has 3 N–H and O–H groups in total. The zero-order valence-electron chi connectivity index (χ0n) is 13.0. The number of benzene rings is 1. The maximum atomic E-state index is 12.3. The largest absolute Gasteiger partial charge is 0.462 e. The number of halogens is 1. The van der Waals surface area contributed by atoms with Gasteiger partial charge in [0.15, 0.2) is 0 Å². The Morgan fingerprint density at radius 3 is 2.30 bits per heavy atom. The Hall–Kier alpha value is -1.15. The van der Waals surface area contributed by atoms with Gasteiger partial charge in [0.1, 0.15) is 0 Å². The number of nitrogens with two attached hydrogens (primary N) is 1. The van der Waals surface area contributed by atoms with Crippen LogP contribution < -0.4 is 10.5 Å². The Bertz CT molecular complexity index is 611. The number of esters is 1. The summed E-state index contributed by atoms with van der Waals surface area (Å²) in [5.41, 5.74) is 6.16. The van der Waals surface area contributed by atoms with Gasteiger partial charge in [-0.15, -0.1) is 12.4 Å². The summed E-state index contributed by atoms with van der Waals surface area (Å²) in [6, 6.07) is 5.86. The van der Waals surface area contributed by atoms with Crippen molar-refractivity contribution in [2.45, 2.75) is 49.6 Å². The van der Waals surface area contributed by atoms with Crippen LogP contribution >= 0.6 is 12.4 Å². The molecule has 0 spiro atoms. The van der Waals surface area contributed by atoms with E-state index in [1.54, 1.807) is 6.92 Å². The van der Waals surface area contributed by atoms with Crippen LogP contribution in [0, 0.1) is 0 Å². The monoisotopic (exact) mass is 362 g/mol. The van der Waals surface area contributed by atoms with Crippen molar-refractivity contribution in [3.05, 3.63) is 29.8 Å². The van der Waals surface area contributed by atoms with Crippen molar-refractivity contribution in [2.75, 3.05) is 6.61 Å². The van der Waals surface area contributed by atoms with E-state index in [0.717, 1.165) is 25.7 Å². The van der Waals surface area contributed by atoms with Gasteiger partial charge in [-0.1, -0.05) is 0 Å². The molecule has 0 aromatic heterocycles. The minimum absolute atomic E-state index is 0. The molecule has 1 aromatic rings. The van der Waals surface area contributed by atoms with Crippen molar-refractivity contribution in [1.82, 2.24) is 4.72 Å². The molecule has 0 radical (unpaired) electrons. The van der Waals surface area contributed by atoms with E-state index in [0.29, 0.717) is 5.56 Å². The SMILES string of the molecule is CCOC(=O)c1ccc(S(=O)(=O)NC2CCC(N)CC2)cc1.Cl. The second-order valence-corrected chi connectivity index (χ2v) is 7.19. The van der Waals surface area contributed by atoms with Gasteiger partial charge >= 0.3 is 5.97 Å². The van der Waals surface area contributed by atoms with Gasteiger partial charge in [-0.05, 0) is 56.9 Å². The maximum absolute atomic E-state index is 12.3. The normalized spacial score (nSPS) is 21.3. The highest BCUT2D eigenvalue weighted by Crippen LogP contribution is 2.20. The Balaban J connectivity index is 0.00000264. The standard InChI is InChI=1S/C15H22N2O4S.ClH/c1-2-21-15(18)11-3-9-14(10-4-11)22(19,20)17-13-7-5-12(16)6-8-13;/h3-4,9-10,12-13,17H,2,5-8,16H2,1H3;1H. The Morgan fingerprint density at radius 1 is 1.22 bits per heavy atom. The minimum Gasteiger partial charge on any atom is -0.462 e. The third kappa shape index (κ3) is 5.46. The van der Waals surface area contributed by atoms with Gasteiger partial charge in [-0.25, -0.2) is 17.9 Å². The molecule has 8 heteroatoms. The lowest BCUT2D eigenvalue weighted by molar-refractivity contribution is 0.0526. The number of rotatable bonds is 5. The van der Waals surface area contributed by atoms with E-state index in [-0.39, 0.29) is 36.0 Å². The first kappa shape index (κ1) is 19.9. The fourth-order valence-corrected chi connectivity index (χ4v) is 3.81. The fourth-order valence-electron chi connectivity index (χ4n) is 2.51. The third-order valence-electron chi connectivity index (χ3n) is 3.77. The van der Waals surface area contributed by atoms with Gasteiger partial charge in [0.25, 0.3) is 0 Å². The predicted octanol–water partition coefficient (Wildman–Crippen LogP) is 1.83. The first-order valence-corrected chi connectivity index (χ1v) is 8.96. The minimum atomic E-state index is -3.58. The van der Waals surface area contributed by atoms with Gasteiger partial charge in [-0.2, -0.15) is 0 Å². The summed E-state index contributed by atoms with van der Waals surface area (Å²) in [6.45, 7) is 2.00. The quantitative estimate of drug-likeness (QED) is 0.778. The van der Waals surface area contributed by atoms with Crippen LogP contribution in [0.4, 0.5) is 0 Å². The van der Waals surface area contributed by atoms with Crippen LogP contribution in [0.25, 0.3) is 0 Å². The first-order valence-electron chi connectivity index (χ1n) is 7.47. The lowest BCUT2D eigenvalue weighted by Gasteiger charge is -2.26. The maximum Gasteiger partial charge on any atom is 0.338 e. The molecule has 0 heterocycles. The number of ether oxygens (including phenoxy) is 1. The average Bonchev–Trinajstić information content (AvgIpc) is 2.50. The number of hydrogen-bond acceptors (Lipinski definition) is 5. The second kappa shape index (κ2) is 8.63. The average molecular weight is 363 g/mol. The zero-order chi connectivity index (χ0) is 16.2. The molecular weight excluding hydrogens is 340 g/mol. The van der Waals surface area contributed by atoms with E-state index in [9.17, 15) is 13.2 Å². The highest BCUT2D eigenvalue weighted by molar-refractivity contribution is 7.89. The van der Waals surface area contributed by atoms with Crippen LogP contribution in [-0.4, -0.2) is 33.1 Å². The lowest BCUT2D eigenvalue weighted by Crippen LogP contribution is -2.40. The number of sulfonamides is 1. The summed E-state index contributed by atoms with van der Waals surface area (Å²) in [5.74, 6) is -0.458. The van der Waals surface area contributed by atoms with Gasteiger partial charge in [-0.3, -0.25) is 0 Å². The van der Waals surface area contributed by atoms with Crippen LogP contribution in [0.3, 0.4) is 0 Å². The van der Waals surface area contributed by atoms with Crippen molar-refractivity contribution < 1.29 is 17.9 Å². The summed E-state index contributed by atoms with van der Waals surface area (Å²) >= 11 is 0. The molecule has 1 aliphatic rings. The van der Waals surface area contributed by atoms with E-state index in [2.05, 4.69) is 4.72 Å². The van der Waals surface area contributed by atoms with Crippen molar-refractivity contribution in [3.63, 3.8) is 0 Å². The van der Waals surface area contributed by atoms with E-state index in [1.807, 2.05) is 0 Å². The molecule has 1 aromatic carbocycles. The molecule has 0 unspecified atom stereocenters. The van der Waals surface area contributed by atoms with Gasteiger partial charge < -0.3 is 10.5 Å². The zero-order valence-corrected chi connectivity index (χ0v) is 14.7. The molecule has 1 saturated carbocycles. The Kier molecular flexibility index (Phi) is 7.47. The molecule has 6 nitrogen and oxygen atoms in total. The molecule has 0 saturated heterocycles. The molecular formula is C15H23ClN2O4S. The van der Waals surface area contributed by atoms with Crippen LogP contribution in [-0.2, 0) is 14.8 Å². The number of hydrogen-bond donors (Lipinski definition) is 2. The van der Waals surface area contributed by atoms with E-state index in [1.165, 1.54) is 24.3 Å². The molecule has 130 valence electrons. The van der Waals surface area contributed by atoms with Crippen LogP contribution in [0.1, 0.15) is 43.0 Å². The fraction of sp³-hybridized carbons (Fsp3) is 0.533. The van der Waals surface area contributed by atoms with E-state index < -0.39 is 16.0 Å². The van der Waals surface area contributed by atoms with Gasteiger partial charge in [0, 0.05) is 12.1 Å². The third-order valence-corrected chi connectivity index (χ3v) is 5.31. The summed E-state index contributed by atoms with van der Waals surface area (Å²) in [6.07, 6.45) is 3.16. The molecule has 2 rings (SSSR count). The number of nitrogens with one attached hydrogen (secondary N) is 1. The summed E-state index contributed by atoms with van der Waals surface area (Å²) < 4.78 is 32.2. The molecule has 0 amide bonds. The summed E-state index contributed by atoms with van der Waals surface area (Å²) in [4.78, 5) is 11.7. The summed E-state index contributed by atoms with van der Waals surface area (Å²) in [5, 5.41) is 0. The van der Waals surface area contributed by atoms with Crippen LogP contribution in [0.15, 0.2) is 29.2 Å². The summed E-state index contributed by atoms with van der Waals surface area (Å²) in [7, 11) is -3.58. The Labute approximate surface area is 143 Å². The topological polar surface area (TPSA) is 98.5 Å². The van der Waals surface area contributed by atoms with Crippen LogP contribution in [0.2, 0.25) is 0 Å². The van der Waals surface area contributed by atoms with Gasteiger partial charge in [0.2, 0.25) is 10.0 Å². The van der Waals surface area contributed by atoms with Crippen molar-refractivity contribution >= 4 is 28.4 Å². The smallest absolute Gasteiger partial charge is 0.338 e. The van der Waals surface area contributed by atoms with Crippen molar-refractivity contribution in [2.24, 2.45) is 5.73 Å². The molecule has 0 aliphatic heterocycles. The number of carbonyl (C=O) groups excluding carboxylic acids is 1.